The van der Waals surface area contributed by atoms with Crippen LogP contribution in [0.25, 0.3) is 0 Å². The Hall–Kier alpha value is -1.85. The van der Waals surface area contributed by atoms with Gasteiger partial charge in [-0.15, -0.1) is 0 Å². The fourth-order valence-electron chi connectivity index (χ4n) is 2.08. The molecule has 0 aliphatic carbocycles. The normalized spacial score (nSPS) is 10.8. The minimum atomic E-state index is -0.342. The van der Waals surface area contributed by atoms with Gasteiger partial charge in [-0.05, 0) is 37.5 Å². The van der Waals surface area contributed by atoms with Crippen molar-refractivity contribution in [1.82, 2.24) is 9.97 Å². The number of aryl methyl sites for hydroxylation is 1. The third-order valence-electron chi connectivity index (χ3n) is 3.22. The van der Waals surface area contributed by atoms with Crippen LogP contribution in [0.1, 0.15) is 36.6 Å². The number of amides is 1. The first-order chi connectivity index (χ1) is 11.3. The van der Waals surface area contributed by atoms with Crippen molar-refractivity contribution < 1.29 is 4.79 Å². The van der Waals surface area contributed by atoms with Gasteiger partial charge in [0.1, 0.15) is 17.3 Å². The molecule has 24 heavy (non-hydrogen) atoms. The molecule has 0 atom stereocenters. The molecule has 2 rings (SSSR count). The molecule has 1 heterocycles. The second kappa shape index (κ2) is 8.31. The molecule has 0 aliphatic rings. The van der Waals surface area contributed by atoms with Gasteiger partial charge in [0.25, 0.3) is 5.91 Å². The van der Waals surface area contributed by atoms with Crippen LogP contribution in [0, 0.1) is 12.8 Å². The number of benzene rings is 1. The Morgan fingerprint density at radius 1 is 1.12 bits per heavy atom. The Bertz CT molecular complexity index is 714. The van der Waals surface area contributed by atoms with Crippen molar-refractivity contribution in [2.24, 2.45) is 5.92 Å². The molecule has 0 saturated heterocycles. The summed E-state index contributed by atoms with van der Waals surface area (Å²) >= 11 is 11.9. The highest BCUT2D eigenvalue weighted by Gasteiger charge is 2.12. The summed E-state index contributed by atoms with van der Waals surface area (Å²) in [5, 5.41) is 6.87. The van der Waals surface area contributed by atoms with Crippen LogP contribution in [0.5, 0.6) is 0 Å². The van der Waals surface area contributed by atoms with Gasteiger partial charge in [0.2, 0.25) is 0 Å². The van der Waals surface area contributed by atoms with Crippen molar-refractivity contribution in [1.29, 1.82) is 0 Å². The lowest BCUT2D eigenvalue weighted by Gasteiger charge is -2.10. The van der Waals surface area contributed by atoms with Gasteiger partial charge in [-0.25, -0.2) is 9.97 Å². The number of hydrogen-bond acceptors (Lipinski definition) is 4. The fraction of sp³-hybridized carbons (Fsp3) is 0.353. The highest BCUT2D eigenvalue weighted by Crippen LogP contribution is 2.23. The minimum Gasteiger partial charge on any atom is -0.370 e. The lowest BCUT2D eigenvalue weighted by atomic mass is 10.1. The second-order valence-electron chi connectivity index (χ2n) is 5.91. The molecule has 1 aromatic heterocycles. The van der Waals surface area contributed by atoms with E-state index >= 15 is 0 Å². The molecular formula is C17H20Cl2N4O. The van der Waals surface area contributed by atoms with E-state index < -0.39 is 0 Å². The summed E-state index contributed by atoms with van der Waals surface area (Å²) in [6.45, 7) is 6.85. The first kappa shape index (κ1) is 18.5. The number of carbonyl (C=O) groups is 1. The fourth-order valence-corrected chi connectivity index (χ4v) is 2.61. The summed E-state index contributed by atoms with van der Waals surface area (Å²) in [5.41, 5.74) is 0.800. The average molecular weight is 367 g/mol. The summed E-state index contributed by atoms with van der Waals surface area (Å²) in [6.07, 6.45) is 1.02. The molecule has 0 aliphatic heterocycles. The smallest absolute Gasteiger partial charge is 0.274 e. The molecule has 0 bridgehead atoms. The van der Waals surface area contributed by atoms with Crippen molar-refractivity contribution in [3.8, 4) is 0 Å². The topological polar surface area (TPSA) is 66.9 Å². The van der Waals surface area contributed by atoms with Gasteiger partial charge in [-0.1, -0.05) is 37.0 Å². The van der Waals surface area contributed by atoms with Crippen LogP contribution in [-0.4, -0.2) is 22.4 Å². The van der Waals surface area contributed by atoms with Crippen molar-refractivity contribution in [2.45, 2.75) is 27.2 Å². The lowest BCUT2D eigenvalue weighted by molar-refractivity contribution is 0.102. The van der Waals surface area contributed by atoms with Crippen LogP contribution in [0.3, 0.4) is 0 Å². The van der Waals surface area contributed by atoms with Crippen molar-refractivity contribution >= 4 is 40.6 Å². The summed E-state index contributed by atoms with van der Waals surface area (Å²) < 4.78 is 0. The minimum absolute atomic E-state index is 0.283. The van der Waals surface area contributed by atoms with Gasteiger partial charge in [-0.3, -0.25) is 4.79 Å². The predicted octanol–water partition coefficient (Wildman–Crippen LogP) is 4.80. The van der Waals surface area contributed by atoms with Gasteiger partial charge in [-0.2, -0.15) is 0 Å². The summed E-state index contributed by atoms with van der Waals surface area (Å²) in [4.78, 5) is 20.9. The lowest BCUT2D eigenvalue weighted by Crippen LogP contribution is -2.16. The van der Waals surface area contributed by atoms with Gasteiger partial charge in [0, 0.05) is 28.3 Å². The van der Waals surface area contributed by atoms with Crippen LogP contribution in [-0.2, 0) is 0 Å². The highest BCUT2D eigenvalue weighted by molar-refractivity contribution is 6.35. The molecule has 0 saturated carbocycles. The molecule has 2 aromatic rings. The van der Waals surface area contributed by atoms with Crippen LogP contribution in [0.15, 0.2) is 24.3 Å². The Labute approximate surface area is 151 Å². The zero-order chi connectivity index (χ0) is 17.7. The van der Waals surface area contributed by atoms with Gasteiger partial charge in [0.05, 0.1) is 0 Å². The molecule has 7 heteroatoms. The van der Waals surface area contributed by atoms with Gasteiger partial charge < -0.3 is 10.6 Å². The summed E-state index contributed by atoms with van der Waals surface area (Å²) in [6, 6.07) is 6.49. The Morgan fingerprint density at radius 2 is 1.79 bits per heavy atom. The van der Waals surface area contributed by atoms with Crippen LogP contribution < -0.4 is 10.6 Å². The predicted molar refractivity (Wildman–Crippen MR) is 99.1 cm³/mol. The van der Waals surface area contributed by atoms with Crippen molar-refractivity contribution in [3.63, 3.8) is 0 Å². The SMILES string of the molecule is Cc1nc(NCCC(C)C)cc(C(=O)Nc2cc(Cl)cc(Cl)c2)n1. The van der Waals surface area contributed by atoms with E-state index in [-0.39, 0.29) is 11.6 Å². The number of nitrogens with one attached hydrogen (secondary N) is 2. The molecule has 2 N–H and O–H groups in total. The van der Waals surface area contributed by atoms with Crippen LogP contribution >= 0.6 is 23.2 Å². The molecular weight excluding hydrogens is 347 g/mol. The third kappa shape index (κ3) is 5.65. The monoisotopic (exact) mass is 366 g/mol. The van der Waals surface area contributed by atoms with Crippen LogP contribution in [0.2, 0.25) is 10.0 Å². The van der Waals surface area contributed by atoms with Gasteiger partial charge >= 0.3 is 0 Å². The Morgan fingerprint density at radius 3 is 2.42 bits per heavy atom. The number of rotatable bonds is 6. The molecule has 0 fully saturated rings. The first-order valence-electron chi connectivity index (χ1n) is 7.70. The third-order valence-corrected chi connectivity index (χ3v) is 3.66. The zero-order valence-corrected chi connectivity index (χ0v) is 15.4. The van der Waals surface area contributed by atoms with E-state index in [4.69, 9.17) is 23.2 Å². The Balaban J connectivity index is 2.12. The zero-order valence-electron chi connectivity index (χ0n) is 13.9. The van der Waals surface area contributed by atoms with E-state index in [1.165, 1.54) is 0 Å². The standard InChI is InChI=1S/C17H20Cl2N4O/c1-10(2)4-5-20-16-9-15(21-11(3)22-16)17(24)23-14-7-12(18)6-13(19)8-14/h6-10H,4-5H2,1-3H3,(H,23,24)(H,20,21,22). The Kier molecular flexibility index (Phi) is 6.40. The van der Waals surface area contributed by atoms with E-state index in [9.17, 15) is 4.79 Å². The number of aromatic nitrogens is 2. The molecule has 0 spiro atoms. The maximum Gasteiger partial charge on any atom is 0.274 e. The number of carbonyl (C=O) groups excluding carboxylic acids is 1. The van der Waals surface area contributed by atoms with Crippen molar-refractivity contribution in [2.75, 3.05) is 17.2 Å². The highest BCUT2D eigenvalue weighted by atomic mass is 35.5. The molecule has 5 nitrogen and oxygen atoms in total. The molecule has 1 amide bonds. The number of halogens is 2. The quantitative estimate of drug-likeness (QED) is 0.770. The number of hydrogen-bond donors (Lipinski definition) is 2. The maximum atomic E-state index is 12.4. The van der Waals surface area contributed by atoms with E-state index in [0.29, 0.717) is 33.3 Å². The largest absolute Gasteiger partial charge is 0.370 e. The second-order valence-corrected chi connectivity index (χ2v) is 6.78. The van der Waals surface area contributed by atoms with E-state index in [2.05, 4.69) is 34.4 Å². The molecule has 1 aromatic carbocycles. The van der Waals surface area contributed by atoms with Gasteiger partial charge in [0.15, 0.2) is 0 Å². The first-order valence-corrected chi connectivity index (χ1v) is 8.46. The molecule has 128 valence electrons. The molecule has 0 unspecified atom stereocenters. The number of nitrogens with zero attached hydrogens (tertiary/aromatic N) is 2. The van der Waals surface area contributed by atoms with Crippen LogP contribution in [0.4, 0.5) is 11.5 Å². The molecule has 0 radical (unpaired) electrons. The summed E-state index contributed by atoms with van der Waals surface area (Å²) in [5.74, 6) is 1.41. The van der Waals surface area contributed by atoms with E-state index in [0.717, 1.165) is 13.0 Å². The van der Waals surface area contributed by atoms with E-state index in [1.54, 1.807) is 31.2 Å². The van der Waals surface area contributed by atoms with E-state index in [1.807, 2.05) is 0 Å². The number of anilines is 2. The maximum absolute atomic E-state index is 12.4. The summed E-state index contributed by atoms with van der Waals surface area (Å²) in [7, 11) is 0. The van der Waals surface area contributed by atoms with Crippen molar-refractivity contribution in [3.05, 3.63) is 45.8 Å². The average Bonchev–Trinajstić information content (AvgIpc) is 2.45.